The van der Waals surface area contributed by atoms with Crippen molar-refractivity contribution in [1.29, 1.82) is 0 Å². The third-order valence-corrected chi connectivity index (χ3v) is 11.7. The van der Waals surface area contributed by atoms with E-state index in [-0.39, 0.29) is 22.1 Å². The smallest absolute Gasteiger partial charge is 0.264 e. The van der Waals surface area contributed by atoms with E-state index >= 15 is 0 Å². The molecule has 2 aromatic carbocycles. The Morgan fingerprint density at radius 1 is 1.14 bits per heavy atom. The molecule has 0 aromatic heterocycles. The fraction of sp³-hybridized carbons (Fsp3) is 0.531. The second-order valence-corrected chi connectivity index (χ2v) is 15.1. The summed E-state index contributed by atoms with van der Waals surface area (Å²) in [6.07, 6.45) is 7.92. The molecule has 8 nitrogen and oxygen atoms in total. The lowest BCUT2D eigenvalue weighted by atomic mass is 9.68. The highest BCUT2D eigenvalue weighted by Gasteiger charge is 2.44. The molecule has 1 spiro atoms. The molecule has 0 saturated heterocycles. The number of nitrogens with one attached hydrogen (secondary N) is 1. The Morgan fingerprint density at radius 2 is 1.95 bits per heavy atom. The first-order valence-electron chi connectivity index (χ1n) is 14.8. The number of amides is 1. The average Bonchev–Trinajstić information content (AvgIpc) is 3.07. The van der Waals surface area contributed by atoms with E-state index in [1.165, 1.54) is 17.2 Å². The number of benzene rings is 2. The van der Waals surface area contributed by atoms with Crippen molar-refractivity contribution in [3.8, 4) is 5.75 Å². The van der Waals surface area contributed by atoms with Gasteiger partial charge in [0.25, 0.3) is 15.9 Å². The van der Waals surface area contributed by atoms with Gasteiger partial charge in [0.05, 0.1) is 28.8 Å². The summed E-state index contributed by atoms with van der Waals surface area (Å²) < 4.78 is 35.9. The molecule has 2 N–H and O–H groups in total. The minimum absolute atomic E-state index is 0.0191. The quantitative estimate of drug-likeness (QED) is 0.428. The van der Waals surface area contributed by atoms with E-state index in [2.05, 4.69) is 21.8 Å². The van der Waals surface area contributed by atoms with Crippen LogP contribution in [0, 0.1) is 11.8 Å². The fourth-order valence-corrected chi connectivity index (χ4v) is 8.34. The number of sulfonamides is 1. The van der Waals surface area contributed by atoms with Gasteiger partial charge in [0.2, 0.25) is 0 Å². The predicted octanol–water partition coefficient (Wildman–Crippen LogP) is 4.29. The highest BCUT2D eigenvalue weighted by atomic mass is 35.5. The van der Waals surface area contributed by atoms with Crippen molar-refractivity contribution in [1.82, 2.24) is 9.62 Å². The van der Waals surface area contributed by atoms with E-state index < -0.39 is 27.6 Å². The van der Waals surface area contributed by atoms with Gasteiger partial charge in [0.15, 0.2) is 0 Å². The number of aryl methyl sites for hydroxylation is 1. The van der Waals surface area contributed by atoms with Crippen molar-refractivity contribution in [3.05, 3.63) is 64.7 Å². The third kappa shape index (κ3) is 5.23. The standard InChI is InChI=1S/C32H40ClN3O5S/c1-31(2)30(38)34-42(39,40)24-10-13-29-27(17-24)36(18-22-8-11-25(22)28(37)7-5-15-35(31)3)19-32(20-41-29)14-4-6-21-16-23(33)9-12-26(21)32/h5,7,9-10,12-13,16-17,22,25,28,37H,4,6,8,11,14-15,18-20H2,1-3H3,(H,34,38)/b7-5+/t22-,25+,28-,32-/m0/s1. The lowest BCUT2D eigenvalue weighted by Crippen LogP contribution is -2.54. The minimum Gasteiger partial charge on any atom is -0.490 e. The molecule has 6 rings (SSSR count). The summed E-state index contributed by atoms with van der Waals surface area (Å²) in [5.41, 5.74) is 1.76. The number of carbonyl (C=O) groups excluding carboxylic acids is 1. The molecule has 10 heteroatoms. The lowest BCUT2D eigenvalue weighted by Gasteiger charge is -2.45. The Kier molecular flexibility index (Phi) is 7.61. The summed E-state index contributed by atoms with van der Waals surface area (Å²) in [6.45, 7) is 5.55. The van der Waals surface area contributed by atoms with E-state index in [0.29, 0.717) is 37.7 Å². The number of likely N-dealkylation sites (N-methyl/N-ethyl adjacent to an activating group) is 1. The number of carbonyl (C=O) groups is 1. The number of aliphatic hydroxyl groups excluding tert-OH is 1. The van der Waals surface area contributed by atoms with Crippen LogP contribution in [0.2, 0.25) is 5.02 Å². The Bertz CT molecular complexity index is 1530. The molecule has 42 heavy (non-hydrogen) atoms. The number of rotatable bonds is 0. The van der Waals surface area contributed by atoms with Gasteiger partial charge < -0.3 is 14.7 Å². The molecule has 1 saturated carbocycles. The maximum Gasteiger partial charge on any atom is 0.264 e. The molecule has 2 aromatic rings. The normalized spacial score (nSPS) is 31.5. The monoisotopic (exact) mass is 613 g/mol. The van der Waals surface area contributed by atoms with Gasteiger partial charge >= 0.3 is 0 Å². The second-order valence-electron chi connectivity index (χ2n) is 13.0. The molecular formula is C32H40ClN3O5S. The largest absolute Gasteiger partial charge is 0.490 e. The third-order valence-electron chi connectivity index (χ3n) is 10.1. The maximum absolute atomic E-state index is 13.6. The van der Waals surface area contributed by atoms with Gasteiger partial charge in [-0.25, -0.2) is 13.1 Å². The van der Waals surface area contributed by atoms with Crippen molar-refractivity contribution in [2.45, 2.75) is 67.9 Å². The van der Waals surface area contributed by atoms with Gasteiger partial charge in [0.1, 0.15) is 5.75 Å². The summed E-state index contributed by atoms with van der Waals surface area (Å²) in [7, 11) is -2.39. The van der Waals surface area contributed by atoms with E-state index in [1.54, 1.807) is 37.9 Å². The van der Waals surface area contributed by atoms with E-state index in [4.69, 9.17) is 16.3 Å². The van der Waals surface area contributed by atoms with Gasteiger partial charge in [-0.05, 0) is 106 Å². The highest BCUT2D eigenvalue weighted by molar-refractivity contribution is 7.90. The Balaban J connectivity index is 1.44. The first kappa shape index (κ1) is 29.5. The molecule has 2 aliphatic carbocycles. The van der Waals surface area contributed by atoms with Crippen LogP contribution >= 0.6 is 11.6 Å². The summed E-state index contributed by atoms with van der Waals surface area (Å²) in [5.74, 6) is 0.340. The number of fused-ring (bicyclic) bond motifs is 4. The zero-order valence-electron chi connectivity index (χ0n) is 24.5. The summed E-state index contributed by atoms with van der Waals surface area (Å²) in [5, 5.41) is 11.9. The fourth-order valence-electron chi connectivity index (χ4n) is 7.02. The number of anilines is 1. The molecule has 2 bridgehead atoms. The molecule has 0 unspecified atom stereocenters. The summed E-state index contributed by atoms with van der Waals surface area (Å²) in [6, 6.07) is 11.0. The van der Waals surface area contributed by atoms with Crippen molar-refractivity contribution in [3.63, 3.8) is 0 Å². The zero-order valence-corrected chi connectivity index (χ0v) is 26.0. The SMILES string of the molecule is CN1C/C=C/[C@H](O)[C@@H]2CC[C@H]2CN2C[C@@]3(CCCc4cc(Cl)ccc43)COc3ccc(cc32)S(=O)(=O)NC(=O)C1(C)C. The van der Waals surface area contributed by atoms with E-state index in [9.17, 15) is 18.3 Å². The average molecular weight is 614 g/mol. The first-order valence-corrected chi connectivity index (χ1v) is 16.7. The van der Waals surface area contributed by atoms with Crippen molar-refractivity contribution in [2.75, 3.05) is 38.2 Å². The van der Waals surface area contributed by atoms with Crippen LogP contribution in [-0.4, -0.2) is 69.3 Å². The number of ether oxygens (including phenoxy) is 1. The van der Waals surface area contributed by atoms with Crippen LogP contribution in [0.25, 0.3) is 0 Å². The molecule has 1 fully saturated rings. The Hall–Kier alpha value is -2.59. The molecule has 2 heterocycles. The molecule has 4 aliphatic rings. The zero-order chi connectivity index (χ0) is 29.9. The van der Waals surface area contributed by atoms with Crippen LogP contribution in [0.3, 0.4) is 0 Å². The van der Waals surface area contributed by atoms with Crippen molar-refractivity contribution in [2.24, 2.45) is 11.8 Å². The highest BCUT2D eigenvalue weighted by Crippen LogP contribution is 2.47. The molecule has 226 valence electrons. The van der Waals surface area contributed by atoms with Crippen molar-refractivity contribution >= 4 is 33.2 Å². The van der Waals surface area contributed by atoms with Crippen LogP contribution in [0.5, 0.6) is 5.75 Å². The van der Waals surface area contributed by atoms with Crippen molar-refractivity contribution < 1.29 is 23.1 Å². The van der Waals surface area contributed by atoms with E-state index in [1.807, 2.05) is 18.2 Å². The Morgan fingerprint density at radius 3 is 2.71 bits per heavy atom. The molecule has 4 atom stereocenters. The number of aliphatic hydroxyl groups is 1. The number of halogens is 1. The molecule has 0 radical (unpaired) electrons. The molecular weight excluding hydrogens is 574 g/mol. The van der Waals surface area contributed by atoms with Gasteiger partial charge in [-0.2, -0.15) is 0 Å². The predicted molar refractivity (Wildman–Crippen MR) is 164 cm³/mol. The van der Waals surface area contributed by atoms with Crippen LogP contribution in [0.1, 0.15) is 50.7 Å². The number of nitrogens with zero attached hydrogens (tertiary/aromatic N) is 2. The van der Waals surface area contributed by atoms with Gasteiger partial charge in [-0.3, -0.25) is 9.69 Å². The van der Waals surface area contributed by atoms with Crippen LogP contribution in [0.15, 0.2) is 53.4 Å². The minimum atomic E-state index is -4.15. The lowest BCUT2D eigenvalue weighted by molar-refractivity contribution is -0.128. The number of hydrogen-bond donors (Lipinski definition) is 2. The van der Waals surface area contributed by atoms with E-state index in [0.717, 1.165) is 37.1 Å². The van der Waals surface area contributed by atoms with Gasteiger partial charge in [-0.1, -0.05) is 29.8 Å². The second kappa shape index (κ2) is 10.8. The first-order chi connectivity index (χ1) is 19.9. The topological polar surface area (TPSA) is 99.2 Å². The summed E-state index contributed by atoms with van der Waals surface area (Å²) >= 11 is 6.38. The van der Waals surface area contributed by atoms with Crippen LogP contribution < -0.4 is 14.4 Å². The van der Waals surface area contributed by atoms with Crippen LogP contribution in [-0.2, 0) is 26.7 Å². The van der Waals surface area contributed by atoms with Gasteiger partial charge in [-0.15, -0.1) is 0 Å². The van der Waals surface area contributed by atoms with Crippen LogP contribution in [0.4, 0.5) is 5.69 Å². The molecule has 2 aliphatic heterocycles. The summed E-state index contributed by atoms with van der Waals surface area (Å²) in [4.78, 5) is 17.3. The Labute approximate surface area is 253 Å². The number of hydrogen-bond acceptors (Lipinski definition) is 7. The maximum atomic E-state index is 13.6. The molecule has 1 amide bonds. The van der Waals surface area contributed by atoms with Gasteiger partial charge in [0, 0.05) is 30.1 Å².